The second kappa shape index (κ2) is 8.42. The van der Waals surface area contributed by atoms with Gasteiger partial charge < -0.3 is 25.0 Å². The zero-order valence-corrected chi connectivity index (χ0v) is 17.3. The molecule has 2 aromatic rings. The molecule has 0 saturated carbocycles. The standard InChI is InChI=1S/C19H24F3N7O2/c1-11-9-31-10-12(2)29(11)18-26-16(25-17(27-18)28-3-5-30-6-4-28)13-8-24-15(23)7-14(13)19(20,21)22/h7-8,11-12H,3-6,9-10H2,1-2H3,(H2,23,24)/t11-,12+. The molecule has 168 valence electrons. The van der Waals surface area contributed by atoms with Gasteiger partial charge in [-0.25, -0.2) is 4.98 Å². The molecule has 0 bridgehead atoms. The first-order valence-electron chi connectivity index (χ1n) is 10.0. The van der Waals surface area contributed by atoms with E-state index in [1.54, 1.807) is 0 Å². The first-order chi connectivity index (χ1) is 14.7. The lowest BCUT2D eigenvalue weighted by atomic mass is 10.1. The summed E-state index contributed by atoms with van der Waals surface area (Å²) in [4.78, 5) is 21.1. The SMILES string of the molecule is C[C@@H]1COC[C@H](C)N1c1nc(-c2cnc(N)cc2C(F)(F)F)nc(N2CCOCC2)n1. The second-order valence-electron chi connectivity index (χ2n) is 7.65. The van der Waals surface area contributed by atoms with Gasteiger partial charge in [-0.05, 0) is 19.9 Å². The number of alkyl halides is 3. The van der Waals surface area contributed by atoms with Crippen molar-refractivity contribution in [2.75, 3.05) is 55.1 Å². The average molecular weight is 439 g/mol. The minimum Gasteiger partial charge on any atom is -0.384 e. The van der Waals surface area contributed by atoms with Crippen molar-refractivity contribution in [3.05, 3.63) is 17.8 Å². The zero-order chi connectivity index (χ0) is 22.2. The van der Waals surface area contributed by atoms with Gasteiger partial charge >= 0.3 is 6.18 Å². The van der Waals surface area contributed by atoms with E-state index in [1.165, 1.54) is 0 Å². The fourth-order valence-electron chi connectivity index (χ4n) is 3.78. The van der Waals surface area contributed by atoms with Gasteiger partial charge in [-0.15, -0.1) is 0 Å². The molecular weight excluding hydrogens is 415 g/mol. The summed E-state index contributed by atoms with van der Waals surface area (Å²) in [5, 5.41) is 0. The summed E-state index contributed by atoms with van der Waals surface area (Å²) >= 11 is 0. The Labute approximate surface area is 177 Å². The van der Waals surface area contributed by atoms with E-state index in [0.717, 1.165) is 12.3 Å². The topological polar surface area (TPSA) is 103 Å². The highest BCUT2D eigenvalue weighted by atomic mass is 19.4. The molecule has 2 saturated heterocycles. The Bertz CT molecular complexity index is 927. The maximum atomic E-state index is 13.7. The highest BCUT2D eigenvalue weighted by Gasteiger charge is 2.36. The fraction of sp³-hybridized carbons (Fsp3) is 0.579. The molecule has 0 spiro atoms. The van der Waals surface area contributed by atoms with Crippen LogP contribution in [0.4, 0.5) is 30.9 Å². The van der Waals surface area contributed by atoms with E-state index in [2.05, 4.69) is 19.9 Å². The van der Waals surface area contributed by atoms with Crippen LogP contribution >= 0.6 is 0 Å². The number of nitrogens with two attached hydrogens (primary N) is 1. The Kier molecular flexibility index (Phi) is 5.84. The van der Waals surface area contributed by atoms with E-state index in [4.69, 9.17) is 15.2 Å². The maximum absolute atomic E-state index is 13.7. The van der Waals surface area contributed by atoms with Gasteiger partial charge in [0, 0.05) is 19.3 Å². The van der Waals surface area contributed by atoms with Crippen LogP contribution in [0.1, 0.15) is 19.4 Å². The van der Waals surface area contributed by atoms with E-state index in [9.17, 15) is 13.2 Å². The van der Waals surface area contributed by atoms with Crippen LogP contribution in [0.25, 0.3) is 11.4 Å². The summed E-state index contributed by atoms with van der Waals surface area (Å²) < 4.78 is 52.2. The largest absolute Gasteiger partial charge is 0.417 e. The third kappa shape index (κ3) is 4.49. The number of hydrogen-bond acceptors (Lipinski definition) is 9. The summed E-state index contributed by atoms with van der Waals surface area (Å²) in [6.07, 6.45) is -3.58. The van der Waals surface area contributed by atoms with Crippen LogP contribution in [0.15, 0.2) is 12.3 Å². The van der Waals surface area contributed by atoms with Gasteiger partial charge in [-0.2, -0.15) is 28.1 Å². The summed E-state index contributed by atoms with van der Waals surface area (Å²) in [6.45, 7) is 6.88. The third-order valence-corrected chi connectivity index (χ3v) is 5.28. The maximum Gasteiger partial charge on any atom is 0.417 e. The van der Waals surface area contributed by atoms with E-state index in [1.807, 2.05) is 23.6 Å². The van der Waals surface area contributed by atoms with Crippen LogP contribution in [-0.2, 0) is 15.7 Å². The molecule has 31 heavy (non-hydrogen) atoms. The minimum absolute atomic E-state index is 0.0526. The molecule has 2 aromatic heterocycles. The number of pyridine rings is 1. The molecule has 0 amide bonds. The Hall–Kier alpha value is -2.73. The van der Waals surface area contributed by atoms with Gasteiger partial charge in [0.15, 0.2) is 5.82 Å². The fourth-order valence-corrected chi connectivity index (χ4v) is 3.78. The normalized spacial score (nSPS) is 22.6. The van der Waals surface area contributed by atoms with Gasteiger partial charge in [-0.3, -0.25) is 0 Å². The van der Waals surface area contributed by atoms with Crippen LogP contribution < -0.4 is 15.5 Å². The van der Waals surface area contributed by atoms with Crippen molar-refractivity contribution in [3.63, 3.8) is 0 Å². The number of anilines is 3. The molecule has 0 radical (unpaired) electrons. The molecule has 2 N–H and O–H groups in total. The van der Waals surface area contributed by atoms with E-state index in [0.29, 0.717) is 51.4 Å². The molecule has 4 rings (SSSR count). The summed E-state index contributed by atoms with van der Waals surface area (Å²) in [7, 11) is 0. The molecule has 0 unspecified atom stereocenters. The van der Waals surface area contributed by atoms with Crippen molar-refractivity contribution >= 4 is 17.7 Å². The Balaban J connectivity index is 1.86. The second-order valence-corrected chi connectivity index (χ2v) is 7.65. The zero-order valence-electron chi connectivity index (χ0n) is 17.3. The Morgan fingerprint density at radius 3 is 2.29 bits per heavy atom. The predicted octanol–water partition coefficient (Wildman–Crippen LogP) is 1.98. The van der Waals surface area contributed by atoms with Gasteiger partial charge in [-0.1, -0.05) is 0 Å². The summed E-state index contributed by atoms with van der Waals surface area (Å²) in [5.74, 6) is 0.283. The number of hydrogen-bond donors (Lipinski definition) is 1. The predicted molar refractivity (Wildman–Crippen MR) is 108 cm³/mol. The lowest BCUT2D eigenvalue weighted by Gasteiger charge is -2.39. The monoisotopic (exact) mass is 439 g/mol. The van der Waals surface area contributed by atoms with Crippen LogP contribution in [0.5, 0.6) is 0 Å². The Morgan fingerprint density at radius 1 is 1.00 bits per heavy atom. The molecule has 2 aliphatic heterocycles. The quantitative estimate of drug-likeness (QED) is 0.769. The van der Waals surface area contributed by atoms with Gasteiger partial charge in [0.1, 0.15) is 5.82 Å². The van der Waals surface area contributed by atoms with Gasteiger partial charge in [0.2, 0.25) is 11.9 Å². The van der Waals surface area contributed by atoms with Gasteiger partial charge in [0.25, 0.3) is 0 Å². The van der Waals surface area contributed by atoms with Crippen molar-refractivity contribution in [1.82, 2.24) is 19.9 Å². The molecular formula is C19H24F3N7O2. The lowest BCUT2D eigenvalue weighted by molar-refractivity contribution is -0.137. The summed E-state index contributed by atoms with van der Waals surface area (Å²) in [5.41, 5.74) is 4.34. The molecule has 0 aromatic carbocycles. The molecule has 4 heterocycles. The number of aromatic nitrogens is 4. The molecule has 2 atom stereocenters. The van der Waals surface area contributed by atoms with E-state index < -0.39 is 11.7 Å². The van der Waals surface area contributed by atoms with Gasteiger partial charge in [0.05, 0.1) is 49.6 Å². The lowest BCUT2D eigenvalue weighted by Crippen LogP contribution is -2.50. The van der Waals surface area contributed by atoms with Crippen molar-refractivity contribution < 1.29 is 22.6 Å². The highest BCUT2D eigenvalue weighted by Crippen LogP contribution is 2.37. The number of morpholine rings is 2. The number of halogens is 3. The molecule has 12 heteroatoms. The van der Waals surface area contributed by atoms with Crippen molar-refractivity contribution in [1.29, 1.82) is 0 Å². The third-order valence-electron chi connectivity index (χ3n) is 5.28. The van der Waals surface area contributed by atoms with Crippen LogP contribution in [0, 0.1) is 0 Å². The highest BCUT2D eigenvalue weighted by molar-refractivity contribution is 5.64. The van der Waals surface area contributed by atoms with E-state index >= 15 is 0 Å². The Morgan fingerprint density at radius 2 is 1.65 bits per heavy atom. The number of nitrogen functional groups attached to an aromatic ring is 1. The smallest absolute Gasteiger partial charge is 0.384 e. The van der Waals surface area contributed by atoms with Crippen LogP contribution in [0.3, 0.4) is 0 Å². The molecule has 2 aliphatic rings. The number of rotatable bonds is 3. The van der Waals surface area contributed by atoms with E-state index in [-0.39, 0.29) is 29.3 Å². The average Bonchev–Trinajstić information content (AvgIpc) is 2.73. The van der Waals surface area contributed by atoms with Crippen molar-refractivity contribution in [2.45, 2.75) is 32.1 Å². The molecule has 2 fully saturated rings. The van der Waals surface area contributed by atoms with Crippen LogP contribution in [-0.4, -0.2) is 71.5 Å². The van der Waals surface area contributed by atoms with Crippen LogP contribution in [0.2, 0.25) is 0 Å². The first-order valence-corrected chi connectivity index (χ1v) is 10.0. The molecule has 0 aliphatic carbocycles. The van der Waals surface area contributed by atoms with Crippen molar-refractivity contribution in [3.8, 4) is 11.4 Å². The first kappa shape index (κ1) is 21.5. The molecule has 9 nitrogen and oxygen atoms in total. The number of ether oxygens (including phenoxy) is 2. The summed E-state index contributed by atoms with van der Waals surface area (Å²) in [6, 6.07) is 0.694. The minimum atomic E-state index is -4.64. The van der Waals surface area contributed by atoms with Crippen molar-refractivity contribution in [2.24, 2.45) is 0 Å². The number of nitrogens with zero attached hydrogens (tertiary/aromatic N) is 6.